The molecule has 4 atom stereocenters. The number of hydrogen-bond acceptors (Lipinski definition) is 25. The van der Waals surface area contributed by atoms with Crippen LogP contribution in [0.25, 0.3) is 0 Å². The van der Waals surface area contributed by atoms with Gasteiger partial charge in [-0.25, -0.2) is 9.59 Å². The first-order chi connectivity index (χ1) is 66.0. The number of unbranched alkanes of at least 4 members (excludes halogenated alkanes) is 22. The summed E-state index contributed by atoms with van der Waals surface area (Å²) in [4.78, 5) is 105. The molecule has 0 amide bonds. The van der Waals surface area contributed by atoms with Gasteiger partial charge in [-0.3, -0.25) is 33.6 Å². The highest BCUT2D eigenvalue weighted by molar-refractivity contribution is 6.94. The molecule has 6 aromatic rings. The van der Waals surface area contributed by atoms with Crippen LogP contribution in [0.15, 0.2) is 146 Å². The van der Waals surface area contributed by atoms with Crippen LogP contribution in [0.5, 0.6) is 34.5 Å². The van der Waals surface area contributed by atoms with Crippen LogP contribution >= 0.6 is 0 Å². The van der Waals surface area contributed by atoms with E-state index in [2.05, 4.69) is 40.0 Å². The smallest absolute Gasteiger partial charge is 0.338 e. The van der Waals surface area contributed by atoms with Crippen LogP contribution in [0.2, 0.25) is 50.4 Å². The van der Waals surface area contributed by atoms with Gasteiger partial charge in [-0.15, -0.1) is 0 Å². The summed E-state index contributed by atoms with van der Waals surface area (Å²) in [5, 5.41) is 0. The minimum Gasteiger partial charge on any atom is -0.462 e. The van der Waals surface area contributed by atoms with Crippen LogP contribution in [-0.2, 0) is 86.5 Å². The predicted octanol–water partition coefficient (Wildman–Crippen LogP) is 25.0. The molecule has 0 aromatic heterocycles. The van der Waals surface area contributed by atoms with Crippen molar-refractivity contribution >= 4 is 87.8 Å². The fourth-order valence-electron chi connectivity index (χ4n) is 17.1. The predicted molar refractivity (Wildman–Crippen MR) is 540 cm³/mol. The third kappa shape index (κ3) is 49.8. The largest absolute Gasteiger partial charge is 0.462 e. The topological polar surface area (TPSA) is 308 Å². The van der Waals surface area contributed by atoms with E-state index >= 15 is 0 Å². The first kappa shape index (κ1) is 115. The van der Waals surface area contributed by atoms with E-state index in [0.717, 1.165) is 112 Å². The molecule has 3 heterocycles. The lowest BCUT2D eigenvalue weighted by Crippen LogP contribution is -2.67. The van der Waals surface area contributed by atoms with Crippen LogP contribution < -0.4 is 28.4 Å². The zero-order valence-corrected chi connectivity index (χ0v) is 88.1. The molecule has 25 nitrogen and oxygen atoms in total. The summed E-state index contributed by atoms with van der Waals surface area (Å²) in [7, 11) is -11.5. The normalized spacial score (nSPS) is 18.5. The van der Waals surface area contributed by atoms with Crippen LogP contribution in [0.4, 0.5) is 0 Å². The van der Waals surface area contributed by atoms with Crippen LogP contribution in [0.3, 0.4) is 0 Å². The van der Waals surface area contributed by atoms with E-state index < -0.39 is 46.2 Å². The molecule has 6 aromatic carbocycles. The summed E-state index contributed by atoms with van der Waals surface area (Å²) >= 11 is 0. The van der Waals surface area contributed by atoms with Gasteiger partial charge in [-0.2, -0.15) is 0 Å². The Morgan fingerprint density at radius 3 is 0.971 bits per heavy atom. The molecular weight excluding hydrogens is 1810 g/mol. The lowest BCUT2D eigenvalue weighted by atomic mass is 9.78. The molecule has 0 saturated carbocycles. The Kier molecular flexibility index (Phi) is 54.4. The summed E-state index contributed by atoms with van der Waals surface area (Å²) in [6.45, 7) is 26.5. The average molecular weight is 1970 g/mol. The molecular formula is C108H158O25Si4. The third-order valence-corrected chi connectivity index (χ3v) is 42.9. The molecule has 0 bridgehead atoms. The first-order valence-corrected chi connectivity index (χ1v) is 60.8. The van der Waals surface area contributed by atoms with E-state index in [4.69, 9.17) is 73.3 Å². The van der Waals surface area contributed by atoms with Gasteiger partial charge in [0.15, 0.2) is 5.78 Å². The van der Waals surface area contributed by atoms with Crippen molar-refractivity contribution in [3.8, 4) is 34.5 Å². The van der Waals surface area contributed by atoms with E-state index in [0.29, 0.717) is 79.3 Å². The fourth-order valence-corrected chi connectivity index (χ4v) is 40.2. The number of epoxide rings is 2. The lowest BCUT2D eigenvalue weighted by Gasteiger charge is -2.50. The maximum Gasteiger partial charge on any atom is 0.338 e. The lowest BCUT2D eigenvalue weighted by molar-refractivity contribution is -0.134. The number of rotatable bonds is 64. The van der Waals surface area contributed by atoms with Crippen LogP contribution in [0, 0.1) is 11.8 Å². The molecule has 29 heteroatoms. The molecule has 3 fully saturated rings. The van der Waals surface area contributed by atoms with E-state index in [-0.39, 0.29) is 77.3 Å². The van der Waals surface area contributed by atoms with Gasteiger partial charge in [0.1, 0.15) is 46.7 Å². The molecule has 137 heavy (non-hydrogen) atoms. The average Bonchev–Trinajstić information content (AvgIpc) is 1.11. The number of benzene rings is 6. The summed E-state index contributed by atoms with van der Waals surface area (Å²) in [6, 6.07) is 44.2. The first-order valence-electron chi connectivity index (χ1n) is 50.7. The maximum absolute atomic E-state index is 12.5. The molecule has 0 spiro atoms. The Balaban J connectivity index is 0.000000306. The van der Waals surface area contributed by atoms with E-state index in [9.17, 15) is 43.2 Å². The second kappa shape index (κ2) is 64.6. The fraction of sp³-hybridized carbons (Fsp3) is 0.583. The minimum absolute atomic E-state index is 0.0627. The van der Waals surface area contributed by atoms with Crippen molar-refractivity contribution in [2.75, 3.05) is 52.9 Å². The van der Waals surface area contributed by atoms with Gasteiger partial charge >= 0.3 is 82.0 Å². The number of aryl methyl sites for hydroxylation is 2. The summed E-state index contributed by atoms with van der Waals surface area (Å²) in [5.41, 5.74) is 3.85. The van der Waals surface area contributed by atoms with Crippen molar-refractivity contribution in [2.24, 2.45) is 11.8 Å². The summed E-state index contributed by atoms with van der Waals surface area (Å²) in [5.74, 6) is 0.445. The second-order valence-electron chi connectivity index (χ2n) is 37.1. The van der Waals surface area contributed by atoms with Gasteiger partial charge < -0.3 is 73.3 Å². The van der Waals surface area contributed by atoms with Gasteiger partial charge in [0.25, 0.3) is 0 Å². The molecule has 4 unspecified atom stereocenters. The van der Waals surface area contributed by atoms with Gasteiger partial charge in [0, 0.05) is 65.9 Å². The number of hydrogen-bond donors (Lipinski definition) is 0. The second-order valence-corrected chi connectivity index (χ2v) is 51.5. The number of carbonyl (C=O) groups is 9. The Hall–Kier alpha value is -8.70. The van der Waals surface area contributed by atoms with Gasteiger partial charge in [-0.1, -0.05) is 255 Å². The highest BCUT2D eigenvalue weighted by atomic mass is 28.5. The van der Waals surface area contributed by atoms with E-state index in [1.54, 1.807) is 85.8 Å². The third-order valence-electron chi connectivity index (χ3n) is 24.2. The van der Waals surface area contributed by atoms with Gasteiger partial charge in [0.05, 0.1) is 56.3 Å². The Morgan fingerprint density at radius 1 is 0.328 bits per heavy atom. The van der Waals surface area contributed by atoms with Crippen molar-refractivity contribution in [1.29, 1.82) is 0 Å². The van der Waals surface area contributed by atoms with Crippen molar-refractivity contribution in [3.63, 3.8) is 0 Å². The zero-order valence-electron chi connectivity index (χ0n) is 84.1. The Bertz CT molecular complexity index is 4280. The molecule has 3 aliphatic rings. The SMILES string of the molecule is CC(=O)Oc1ccc(CC[Si]2(C)O[Si](C)(CCCOCC3CO3)O[Si](C)(CCc3ccc(OC(C)=O)cc3)O[Si](C)(CCCOCC3CO3)O2)cc1.CCC(=O)Oc1ccc(C(=O)c2ccccc2)c(OC(C)=O)c1.CCCCCCCCCC(CCCCCCCCOC(=O)c1ccc(OC(C)=O)cc1)C(CCCCCCCCC)CCCCCCCCOC(=O)c1ccc(OC(C)=O)cc1. The maximum atomic E-state index is 12.5. The molecule has 3 aliphatic heterocycles. The molecule has 0 aliphatic carbocycles. The van der Waals surface area contributed by atoms with Crippen molar-refractivity contribution in [3.05, 3.63) is 179 Å². The summed E-state index contributed by atoms with van der Waals surface area (Å²) in [6.07, 6.45) is 42.3. The van der Waals surface area contributed by atoms with Crippen molar-refractivity contribution in [2.45, 2.75) is 343 Å². The number of ketones is 1. The zero-order chi connectivity index (χ0) is 99.0. The molecule has 0 N–H and O–H groups in total. The number of ether oxygens (including phenoxy) is 12. The monoisotopic (exact) mass is 1970 g/mol. The quantitative estimate of drug-likeness (QED) is 0.00855. The molecule has 9 rings (SSSR count). The minimum atomic E-state index is -2.89. The Morgan fingerprint density at radius 2 is 0.642 bits per heavy atom. The van der Waals surface area contributed by atoms with Crippen molar-refractivity contribution in [1.82, 2.24) is 0 Å². The van der Waals surface area contributed by atoms with Gasteiger partial charge in [0.2, 0.25) is 0 Å². The molecule has 3 saturated heterocycles. The summed E-state index contributed by atoms with van der Waals surface area (Å²) < 4.78 is 93.6. The van der Waals surface area contributed by atoms with E-state index in [1.807, 2.05) is 48.5 Å². The van der Waals surface area contributed by atoms with Crippen LogP contribution in [0.1, 0.15) is 315 Å². The van der Waals surface area contributed by atoms with Gasteiger partial charge in [-0.05, 0) is 197 Å². The van der Waals surface area contributed by atoms with Crippen molar-refractivity contribution < 1.29 is 116 Å². The Labute approximate surface area is 820 Å². The highest BCUT2D eigenvalue weighted by Crippen LogP contribution is 2.41. The highest BCUT2D eigenvalue weighted by Gasteiger charge is 2.56. The van der Waals surface area contributed by atoms with E-state index in [1.165, 1.54) is 220 Å². The van der Waals surface area contributed by atoms with Crippen LogP contribution in [-0.4, -0.2) is 153 Å². The number of carbonyl (C=O) groups excluding carboxylic acids is 9. The standard InChI is InChI=1S/C54H86O8.C36H56O12Si4.C18H16O5/c1-5-7-9-11-13-19-25-31-47(33-27-21-15-17-23-29-43-59-53(57)49-35-39-51(40-36-49)61-45(3)55)48(32-26-20-14-12-10-8-6-2)34-28-22-16-18-24-30-44-60-54(58)50-37-41-52(42-38-50)62-46(4)56;1-29(37)43-33-13-9-31(10-14-33)17-23-51(5)45-49(3,21-7-19-39-25-35-27-41-35)47-52(6,24-18-32-11-15-34(16-12-32)44-30(2)38)48-50(4,46-51)22-8-20-40-26-36-28-42-36;1-3-17(20)23-14-9-10-15(16(11-14)22-12(2)19)18(21)13-7-5-4-6-8-13/h35-42,47-48H,5-34,43-44H2,1-4H3;9-16,35-36H,7-8,17-28H2,1-6H3;4-11H,3H2,1-2H3. The number of esters is 8. The molecule has 756 valence electrons. The molecule has 0 radical (unpaired) electrons.